The van der Waals surface area contributed by atoms with Gasteiger partial charge in [-0.15, -0.1) is 0 Å². The number of benzene rings is 2. The van der Waals surface area contributed by atoms with Gasteiger partial charge in [0.15, 0.2) is 5.78 Å². The van der Waals surface area contributed by atoms with Crippen LogP contribution in [-0.4, -0.2) is 54.8 Å². The molecule has 0 radical (unpaired) electrons. The van der Waals surface area contributed by atoms with Gasteiger partial charge in [-0.3, -0.25) is 19.7 Å². The fourth-order valence-electron chi connectivity index (χ4n) is 6.12. The van der Waals surface area contributed by atoms with E-state index in [-0.39, 0.29) is 36.0 Å². The van der Waals surface area contributed by atoms with Gasteiger partial charge in [-0.25, -0.2) is 4.79 Å². The molecule has 2 heterocycles. The largest absolute Gasteiger partial charge is 0.497 e. The molecule has 2 fully saturated rings. The topological polar surface area (TPSA) is 114 Å². The fourth-order valence-corrected chi connectivity index (χ4v) is 6.12. The summed E-state index contributed by atoms with van der Waals surface area (Å²) in [5, 5.41) is 5.15. The molecule has 2 aromatic rings. The number of Topliss-reactive ketones (excluding diaryl/α,β-unsaturated/α-hetero) is 1. The zero-order valence-corrected chi connectivity index (χ0v) is 19.4. The van der Waals surface area contributed by atoms with Gasteiger partial charge in [0.1, 0.15) is 17.0 Å². The Labute approximate surface area is 201 Å². The van der Waals surface area contributed by atoms with Crippen LogP contribution in [0.2, 0.25) is 0 Å². The highest BCUT2D eigenvalue weighted by molar-refractivity contribution is 6.08. The number of ketones is 1. The Balaban J connectivity index is 1.25. The molecule has 2 aromatic carbocycles. The molecule has 180 valence electrons. The lowest BCUT2D eigenvalue weighted by Gasteiger charge is -2.31. The van der Waals surface area contributed by atoms with Crippen molar-refractivity contribution >= 4 is 23.6 Å². The monoisotopic (exact) mass is 475 g/mol. The maximum atomic E-state index is 13.2. The molecule has 2 aliphatic carbocycles. The van der Waals surface area contributed by atoms with Gasteiger partial charge >= 0.3 is 6.03 Å². The molecule has 9 heteroatoms. The summed E-state index contributed by atoms with van der Waals surface area (Å²) in [6.07, 6.45) is 1.01. The van der Waals surface area contributed by atoms with Gasteiger partial charge in [0.2, 0.25) is 0 Å². The summed E-state index contributed by atoms with van der Waals surface area (Å²) >= 11 is 0. The van der Waals surface area contributed by atoms with Crippen LogP contribution in [0.3, 0.4) is 0 Å². The van der Waals surface area contributed by atoms with E-state index in [1.807, 2.05) is 12.1 Å². The van der Waals surface area contributed by atoms with E-state index in [1.54, 1.807) is 43.4 Å². The molecule has 6 rings (SSSR count). The van der Waals surface area contributed by atoms with Crippen LogP contribution < -0.4 is 20.1 Å². The van der Waals surface area contributed by atoms with Crippen molar-refractivity contribution in [2.24, 2.45) is 17.8 Å². The molecule has 4 amide bonds. The predicted molar refractivity (Wildman–Crippen MR) is 123 cm³/mol. The van der Waals surface area contributed by atoms with E-state index in [9.17, 15) is 19.2 Å². The second-order valence-electron chi connectivity index (χ2n) is 9.82. The number of hydrogen-bond acceptors (Lipinski definition) is 6. The Bertz CT molecular complexity index is 1310. The number of imide groups is 1. The lowest BCUT2D eigenvalue weighted by atomic mass is 9.90. The molecule has 2 N–H and O–H groups in total. The standard InChI is InChI=1S/C26H25N3O6/c1-34-15-3-5-17-13(7-15)9-19-20(21(19)22(17)30)10-26(24(32)27-25(33)28-26)12-29-11-14-8-16(35-2)4-6-18(14)23(29)31/h3-8,19-21H,9-12H2,1-2H3,(H2,27,28,32,33). The zero-order valence-electron chi connectivity index (χ0n) is 19.4. The van der Waals surface area contributed by atoms with Gasteiger partial charge in [-0.2, -0.15) is 0 Å². The molecule has 4 atom stereocenters. The second kappa shape index (κ2) is 7.56. The Morgan fingerprint density at radius 3 is 2.31 bits per heavy atom. The van der Waals surface area contributed by atoms with Gasteiger partial charge < -0.3 is 19.7 Å². The van der Waals surface area contributed by atoms with Crippen molar-refractivity contribution in [2.75, 3.05) is 20.8 Å². The first-order chi connectivity index (χ1) is 16.8. The zero-order chi connectivity index (χ0) is 24.5. The Hall–Kier alpha value is -3.88. The predicted octanol–water partition coefficient (Wildman–Crippen LogP) is 1.93. The number of ether oxygens (including phenoxy) is 2. The molecule has 1 saturated heterocycles. The quantitative estimate of drug-likeness (QED) is 0.618. The number of rotatable bonds is 6. The van der Waals surface area contributed by atoms with Crippen LogP contribution in [0.15, 0.2) is 36.4 Å². The summed E-state index contributed by atoms with van der Waals surface area (Å²) in [5.74, 6) is 0.616. The minimum Gasteiger partial charge on any atom is -0.497 e. The van der Waals surface area contributed by atoms with E-state index < -0.39 is 17.5 Å². The normalized spacial score (nSPS) is 28.2. The molecule has 0 bridgehead atoms. The first-order valence-corrected chi connectivity index (χ1v) is 11.6. The number of carbonyl (C=O) groups excluding carboxylic acids is 4. The smallest absolute Gasteiger partial charge is 0.322 e. The van der Waals surface area contributed by atoms with Crippen LogP contribution in [0, 0.1) is 17.8 Å². The summed E-state index contributed by atoms with van der Waals surface area (Å²) < 4.78 is 10.6. The average molecular weight is 476 g/mol. The SMILES string of the molecule is COc1ccc2c(c1)CC1C(CC3(CN4Cc5cc(OC)ccc5C4=O)NC(=O)NC3=O)C1C2=O. The number of fused-ring (bicyclic) bond motifs is 3. The van der Waals surface area contributed by atoms with Gasteiger partial charge in [-0.05, 0) is 72.2 Å². The van der Waals surface area contributed by atoms with Gasteiger partial charge in [0.25, 0.3) is 11.8 Å². The van der Waals surface area contributed by atoms with E-state index >= 15 is 0 Å². The third kappa shape index (κ3) is 3.29. The molecule has 4 unspecified atom stereocenters. The van der Waals surface area contributed by atoms with Gasteiger partial charge in [-0.1, -0.05) is 0 Å². The van der Waals surface area contributed by atoms with Crippen molar-refractivity contribution in [2.45, 2.75) is 24.9 Å². The van der Waals surface area contributed by atoms with Crippen molar-refractivity contribution in [1.82, 2.24) is 15.5 Å². The van der Waals surface area contributed by atoms with Crippen LogP contribution in [0.25, 0.3) is 0 Å². The van der Waals surface area contributed by atoms with Crippen molar-refractivity contribution in [3.8, 4) is 11.5 Å². The van der Waals surface area contributed by atoms with Crippen molar-refractivity contribution in [3.05, 3.63) is 58.7 Å². The number of hydrogen-bond donors (Lipinski definition) is 2. The van der Waals surface area contributed by atoms with E-state index in [1.165, 1.54) is 0 Å². The first kappa shape index (κ1) is 21.6. The number of nitrogens with one attached hydrogen (secondary N) is 2. The summed E-state index contributed by atoms with van der Waals surface area (Å²) in [7, 11) is 3.16. The third-order valence-electron chi connectivity index (χ3n) is 7.92. The molecule has 9 nitrogen and oxygen atoms in total. The van der Waals surface area contributed by atoms with E-state index in [4.69, 9.17) is 9.47 Å². The Morgan fingerprint density at radius 2 is 1.66 bits per heavy atom. The number of amides is 4. The maximum absolute atomic E-state index is 13.2. The van der Waals surface area contributed by atoms with Crippen molar-refractivity contribution < 1.29 is 28.7 Å². The number of carbonyl (C=O) groups is 4. The lowest BCUT2D eigenvalue weighted by molar-refractivity contribution is -0.125. The van der Waals surface area contributed by atoms with Crippen LogP contribution in [-0.2, 0) is 17.8 Å². The minimum absolute atomic E-state index is 0.0330. The minimum atomic E-state index is -1.29. The van der Waals surface area contributed by atoms with Crippen LogP contribution in [0.1, 0.15) is 38.3 Å². The molecular weight excluding hydrogens is 450 g/mol. The molecule has 1 saturated carbocycles. The van der Waals surface area contributed by atoms with Crippen LogP contribution in [0.5, 0.6) is 11.5 Å². The number of nitrogens with zero attached hydrogens (tertiary/aromatic N) is 1. The summed E-state index contributed by atoms with van der Waals surface area (Å²) in [6.45, 7) is 0.350. The third-order valence-corrected chi connectivity index (χ3v) is 7.92. The van der Waals surface area contributed by atoms with E-state index in [0.29, 0.717) is 42.0 Å². The second-order valence-corrected chi connectivity index (χ2v) is 9.82. The van der Waals surface area contributed by atoms with Gasteiger partial charge in [0.05, 0.1) is 20.8 Å². The molecule has 4 aliphatic rings. The van der Waals surface area contributed by atoms with Crippen molar-refractivity contribution in [1.29, 1.82) is 0 Å². The molecule has 0 aromatic heterocycles. The molecular formula is C26H25N3O6. The molecule has 2 aliphatic heterocycles. The van der Waals surface area contributed by atoms with Gasteiger partial charge in [0, 0.05) is 23.6 Å². The first-order valence-electron chi connectivity index (χ1n) is 11.6. The highest BCUT2D eigenvalue weighted by Gasteiger charge is 2.62. The van der Waals surface area contributed by atoms with Crippen LogP contribution in [0.4, 0.5) is 4.79 Å². The average Bonchev–Trinajstić information content (AvgIpc) is 3.32. The Morgan fingerprint density at radius 1 is 0.971 bits per heavy atom. The fraction of sp³-hybridized carbons (Fsp3) is 0.385. The number of urea groups is 1. The highest BCUT2D eigenvalue weighted by Crippen LogP contribution is 2.57. The summed E-state index contributed by atoms with van der Waals surface area (Å²) in [6, 6.07) is 10.2. The van der Waals surface area contributed by atoms with Crippen LogP contribution >= 0.6 is 0 Å². The van der Waals surface area contributed by atoms with Crippen molar-refractivity contribution in [3.63, 3.8) is 0 Å². The summed E-state index contributed by atoms with van der Waals surface area (Å²) in [4.78, 5) is 53.2. The maximum Gasteiger partial charge on any atom is 0.322 e. The summed E-state index contributed by atoms with van der Waals surface area (Å²) in [5.41, 5.74) is 1.73. The highest BCUT2D eigenvalue weighted by atomic mass is 16.5. The van der Waals surface area contributed by atoms with E-state index in [2.05, 4.69) is 10.6 Å². The lowest BCUT2D eigenvalue weighted by Crippen LogP contribution is -2.55. The molecule has 35 heavy (non-hydrogen) atoms. The Kier molecular flexibility index (Phi) is 4.67. The number of methoxy groups -OCH3 is 2. The molecule has 0 spiro atoms. The van der Waals surface area contributed by atoms with E-state index in [0.717, 1.165) is 11.1 Å².